The lowest BCUT2D eigenvalue weighted by Crippen LogP contribution is -2.22. The molecule has 0 aliphatic heterocycles. The van der Waals surface area contributed by atoms with Crippen LogP contribution in [0.3, 0.4) is 0 Å². The van der Waals surface area contributed by atoms with E-state index >= 15 is 0 Å². The van der Waals surface area contributed by atoms with E-state index in [-0.39, 0.29) is 5.82 Å². The van der Waals surface area contributed by atoms with E-state index in [0.717, 1.165) is 11.1 Å². The molecule has 1 N–H and O–H groups in total. The Labute approximate surface area is 160 Å². The summed E-state index contributed by atoms with van der Waals surface area (Å²) in [6, 6.07) is 17.6. The molecule has 2 aromatic heterocycles. The largest absolute Gasteiger partial charge is 0.277 e. The number of hydroxylamine groups is 1. The number of nitrogens with zero attached hydrogens (tertiary/aromatic N) is 3. The second-order valence-corrected chi connectivity index (χ2v) is 6.23. The molecule has 0 radical (unpaired) electrons. The number of rotatable bonds is 5. The van der Waals surface area contributed by atoms with Gasteiger partial charge in [-0.15, -0.1) is 0 Å². The second kappa shape index (κ2) is 7.58. The smallest absolute Gasteiger partial charge is 0.275 e. The van der Waals surface area contributed by atoms with E-state index in [0.29, 0.717) is 28.8 Å². The van der Waals surface area contributed by atoms with Crippen molar-refractivity contribution in [2.24, 2.45) is 0 Å². The summed E-state index contributed by atoms with van der Waals surface area (Å²) in [6.07, 6.45) is 1.58. The Morgan fingerprint density at radius 1 is 1.14 bits per heavy atom. The molecule has 0 atom stereocenters. The van der Waals surface area contributed by atoms with E-state index in [4.69, 9.17) is 9.82 Å². The summed E-state index contributed by atoms with van der Waals surface area (Å²) in [4.78, 5) is 22.0. The standard InChI is InChI=1S/C21H17FN4O2/c1-28-25-21(27)17-11-19(15-7-3-2-4-8-15)24-20-18(17)12-23-26(20)13-14-6-5-9-16(22)10-14/h2-12H,13H2,1H3,(H,25,27). The van der Waals surface area contributed by atoms with Gasteiger partial charge in [-0.25, -0.2) is 19.5 Å². The second-order valence-electron chi connectivity index (χ2n) is 6.23. The van der Waals surface area contributed by atoms with Crippen molar-refractivity contribution in [1.29, 1.82) is 0 Å². The molecule has 6 nitrogen and oxygen atoms in total. The van der Waals surface area contributed by atoms with Gasteiger partial charge in [-0.1, -0.05) is 42.5 Å². The third-order valence-corrected chi connectivity index (χ3v) is 4.34. The zero-order chi connectivity index (χ0) is 19.5. The van der Waals surface area contributed by atoms with Crippen molar-refractivity contribution >= 4 is 16.9 Å². The predicted octanol–water partition coefficient (Wildman–Crippen LogP) is 3.58. The monoisotopic (exact) mass is 376 g/mol. The lowest BCUT2D eigenvalue weighted by Gasteiger charge is -2.09. The molecule has 0 aliphatic carbocycles. The number of pyridine rings is 1. The molecule has 140 valence electrons. The van der Waals surface area contributed by atoms with Crippen LogP contribution in [0, 0.1) is 5.82 Å². The Morgan fingerprint density at radius 2 is 1.96 bits per heavy atom. The number of amides is 1. The average molecular weight is 376 g/mol. The highest BCUT2D eigenvalue weighted by Crippen LogP contribution is 2.25. The quantitative estimate of drug-likeness (QED) is 0.541. The number of benzene rings is 2. The van der Waals surface area contributed by atoms with Crippen LogP contribution in [0.25, 0.3) is 22.3 Å². The van der Waals surface area contributed by atoms with Crippen LogP contribution in [0.5, 0.6) is 0 Å². The van der Waals surface area contributed by atoms with E-state index in [2.05, 4.69) is 10.6 Å². The minimum absolute atomic E-state index is 0.313. The Bertz CT molecular complexity index is 1140. The van der Waals surface area contributed by atoms with Gasteiger partial charge in [-0.05, 0) is 23.8 Å². The molecule has 0 saturated carbocycles. The molecule has 2 aromatic carbocycles. The minimum atomic E-state index is -0.391. The lowest BCUT2D eigenvalue weighted by molar-refractivity contribution is 0.0539. The molecule has 0 aliphatic rings. The van der Waals surface area contributed by atoms with Crippen LogP contribution in [0.15, 0.2) is 66.9 Å². The van der Waals surface area contributed by atoms with Crippen LogP contribution in [-0.2, 0) is 11.4 Å². The van der Waals surface area contributed by atoms with E-state index < -0.39 is 5.91 Å². The van der Waals surface area contributed by atoms with Gasteiger partial charge < -0.3 is 0 Å². The van der Waals surface area contributed by atoms with Gasteiger partial charge in [0.1, 0.15) is 5.82 Å². The average Bonchev–Trinajstić information content (AvgIpc) is 3.11. The van der Waals surface area contributed by atoms with E-state index in [1.54, 1.807) is 23.0 Å². The fraction of sp³-hybridized carbons (Fsp3) is 0.0952. The Balaban J connectivity index is 1.86. The first kappa shape index (κ1) is 17.8. The normalized spacial score (nSPS) is 10.9. The van der Waals surface area contributed by atoms with Crippen molar-refractivity contribution in [3.63, 3.8) is 0 Å². The molecular weight excluding hydrogens is 359 g/mol. The van der Waals surface area contributed by atoms with E-state index in [1.807, 2.05) is 36.4 Å². The fourth-order valence-corrected chi connectivity index (χ4v) is 3.06. The summed E-state index contributed by atoms with van der Waals surface area (Å²) in [5, 5.41) is 4.96. The van der Waals surface area contributed by atoms with Crippen molar-refractivity contribution in [1.82, 2.24) is 20.2 Å². The number of halogens is 1. The van der Waals surface area contributed by atoms with Gasteiger partial charge in [0.15, 0.2) is 5.65 Å². The van der Waals surface area contributed by atoms with Crippen molar-refractivity contribution in [3.05, 3.63) is 83.8 Å². The summed E-state index contributed by atoms with van der Waals surface area (Å²) >= 11 is 0. The zero-order valence-corrected chi connectivity index (χ0v) is 15.1. The Morgan fingerprint density at radius 3 is 2.71 bits per heavy atom. The van der Waals surface area contributed by atoms with Crippen molar-refractivity contribution in [2.75, 3.05) is 7.11 Å². The maximum atomic E-state index is 13.5. The van der Waals surface area contributed by atoms with Crippen LogP contribution >= 0.6 is 0 Å². The van der Waals surface area contributed by atoms with E-state index in [9.17, 15) is 9.18 Å². The molecule has 0 unspecified atom stereocenters. The van der Waals surface area contributed by atoms with E-state index in [1.165, 1.54) is 19.2 Å². The van der Waals surface area contributed by atoms with Gasteiger partial charge in [-0.3, -0.25) is 9.63 Å². The van der Waals surface area contributed by atoms with Gasteiger partial charge in [0.2, 0.25) is 0 Å². The highest BCUT2D eigenvalue weighted by atomic mass is 19.1. The first-order valence-corrected chi connectivity index (χ1v) is 8.65. The third kappa shape index (κ3) is 3.47. The number of nitrogens with one attached hydrogen (secondary N) is 1. The summed E-state index contributed by atoms with van der Waals surface area (Å²) in [5.41, 5.74) is 5.53. The topological polar surface area (TPSA) is 69.0 Å². The number of aromatic nitrogens is 3. The van der Waals surface area contributed by atoms with Gasteiger partial charge >= 0.3 is 0 Å². The molecule has 4 rings (SSSR count). The number of fused-ring (bicyclic) bond motifs is 1. The van der Waals surface area contributed by atoms with Gasteiger partial charge in [-0.2, -0.15) is 5.10 Å². The fourth-order valence-electron chi connectivity index (χ4n) is 3.06. The molecule has 0 bridgehead atoms. The maximum absolute atomic E-state index is 13.5. The first-order valence-electron chi connectivity index (χ1n) is 8.65. The molecular formula is C21H17FN4O2. The van der Waals surface area contributed by atoms with Gasteiger partial charge in [0.05, 0.1) is 36.5 Å². The molecule has 1 amide bonds. The van der Waals surface area contributed by atoms with Crippen LogP contribution in [0.1, 0.15) is 15.9 Å². The van der Waals surface area contributed by atoms with Crippen LogP contribution in [-0.4, -0.2) is 27.8 Å². The first-order chi connectivity index (χ1) is 13.7. The van der Waals surface area contributed by atoms with Crippen molar-refractivity contribution in [2.45, 2.75) is 6.54 Å². The van der Waals surface area contributed by atoms with Crippen molar-refractivity contribution in [3.8, 4) is 11.3 Å². The van der Waals surface area contributed by atoms with Crippen molar-refractivity contribution < 1.29 is 14.0 Å². The number of carbonyl (C=O) groups excluding carboxylic acids is 1. The highest BCUT2D eigenvalue weighted by molar-refractivity contribution is 6.06. The highest BCUT2D eigenvalue weighted by Gasteiger charge is 2.17. The summed E-state index contributed by atoms with van der Waals surface area (Å²) in [6.45, 7) is 0.331. The summed E-state index contributed by atoms with van der Waals surface area (Å²) in [7, 11) is 1.38. The van der Waals surface area contributed by atoms with Gasteiger partial charge in [0.25, 0.3) is 5.91 Å². The SMILES string of the molecule is CONC(=O)c1cc(-c2ccccc2)nc2c1cnn2Cc1cccc(F)c1. The van der Waals surface area contributed by atoms with Crippen LogP contribution in [0.4, 0.5) is 4.39 Å². The molecule has 4 aromatic rings. The molecule has 7 heteroatoms. The number of hydrogen-bond donors (Lipinski definition) is 1. The van der Waals surface area contributed by atoms with Crippen LogP contribution in [0.2, 0.25) is 0 Å². The summed E-state index contributed by atoms with van der Waals surface area (Å²) < 4.78 is 15.2. The Hall–Kier alpha value is -3.58. The molecule has 2 heterocycles. The number of hydrogen-bond acceptors (Lipinski definition) is 4. The summed E-state index contributed by atoms with van der Waals surface area (Å²) in [5.74, 6) is -0.704. The molecule has 0 fully saturated rings. The van der Waals surface area contributed by atoms with Crippen LogP contribution < -0.4 is 5.48 Å². The van der Waals surface area contributed by atoms with Gasteiger partial charge in [0, 0.05) is 5.56 Å². The molecule has 0 spiro atoms. The lowest BCUT2D eigenvalue weighted by atomic mass is 10.1. The molecule has 28 heavy (non-hydrogen) atoms. The number of carbonyl (C=O) groups is 1. The molecule has 0 saturated heterocycles. The zero-order valence-electron chi connectivity index (χ0n) is 15.1. The maximum Gasteiger partial charge on any atom is 0.275 e. The third-order valence-electron chi connectivity index (χ3n) is 4.34. The minimum Gasteiger partial charge on any atom is -0.277 e. The predicted molar refractivity (Wildman–Crippen MR) is 103 cm³/mol. The Kier molecular flexibility index (Phi) is 4.82.